The Morgan fingerprint density at radius 1 is 1.42 bits per heavy atom. The van der Waals surface area contributed by atoms with Crippen molar-refractivity contribution in [2.75, 3.05) is 6.61 Å². The van der Waals surface area contributed by atoms with Crippen LogP contribution < -0.4 is 5.73 Å². The van der Waals surface area contributed by atoms with Gasteiger partial charge in [0.1, 0.15) is 6.04 Å². The molecule has 0 fully saturated rings. The van der Waals surface area contributed by atoms with Gasteiger partial charge in [-0.05, 0) is 16.4 Å². The molecule has 5 heteroatoms. The minimum atomic E-state index is -0.806. The number of nitrogens with two attached hydrogens (primary N) is 1. The van der Waals surface area contributed by atoms with Gasteiger partial charge in [-0.25, -0.2) is 0 Å². The molecule has 0 radical (unpaired) electrons. The Kier molecular flexibility index (Phi) is 7.48. The number of ether oxygens (including phenoxy) is 2. The summed E-state index contributed by atoms with van der Waals surface area (Å²) < 4.78 is 13.1. The average Bonchev–Trinajstić information content (AvgIpc) is 2.45. The summed E-state index contributed by atoms with van der Waals surface area (Å²) in [7, 11) is 0. The number of halogens is 1. The van der Waals surface area contributed by atoms with Crippen LogP contribution in [0.4, 0.5) is 0 Å². The third kappa shape index (κ3) is 6.05. The van der Waals surface area contributed by atoms with Crippen LogP contribution in [-0.2, 0) is 20.9 Å². The summed E-state index contributed by atoms with van der Waals surface area (Å²) in [6, 6.07) is 8.89. The molecule has 0 heterocycles. The Bertz CT molecular complexity index is 453. The van der Waals surface area contributed by atoms with Crippen LogP contribution in [0.1, 0.15) is 12.5 Å². The fourth-order valence-electron chi connectivity index (χ4n) is 1.33. The summed E-state index contributed by atoms with van der Waals surface area (Å²) in [4.78, 5) is 11.6. The van der Waals surface area contributed by atoms with Gasteiger partial charge in [0, 0.05) is 22.6 Å². The van der Waals surface area contributed by atoms with Gasteiger partial charge in [0.05, 0.1) is 12.7 Å². The number of carbonyl (C=O) groups excluding carboxylic acids is 1. The number of carbonyl (C=O) groups is 1. The molecule has 1 aromatic rings. The number of hydrogen-bond donors (Lipinski definition) is 1. The molecule has 0 saturated heterocycles. The largest absolute Gasteiger partial charge is 0.451 e. The smallest absolute Gasteiger partial charge is 0.326 e. The second-order valence-electron chi connectivity index (χ2n) is 3.91. The Labute approximate surface area is 126 Å². The number of rotatable bonds is 6. The molecule has 0 aromatic heterocycles. The zero-order valence-electron chi connectivity index (χ0n) is 10.6. The average molecular weight is 373 g/mol. The molecular formula is C14H16INO3. The van der Waals surface area contributed by atoms with Crippen molar-refractivity contribution in [1.29, 1.82) is 0 Å². The van der Waals surface area contributed by atoms with E-state index in [2.05, 4.69) is 9.85 Å². The van der Waals surface area contributed by atoms with Crippen molar-refractivity contribution in [1.82, 2.24) is 0 Å². The topological polar surface area (TPSA) is 61.5 Å². The summed E-state index contributed by atoms with van der Waals surface area (Å²) in [5.74, 6) is 2.13. The van der Waals surface area contributed by atoms with E-state index in [0.29, 0.717) is 6.61 Å². The van der Waals surface area contributed by atoms with E-state index in [9.17, 15) is 4.79 Å². The fraction of sp³-hybridized carbons (Fsp3) is 0.357. The van der Waals surface area contributed by atoms with Crippen LogP contribution in [0.3, 0.4) is 0 Å². The van der Waals surface area contributed by atoms with E-state index in [1.54, 1.807) is 6.92 Å². The number of esters is 1. The lowest BCUT2D eigenvalue weighted by Gasteiger charge is -2.18. The van der Waals surface area contributed by atoms with Crippen molar-refractivity contribution in [2.45, 2.75) is 25.7 Å². The summed E-state index contributed by atoms with van der Waals surface area (Å²) in [6.45, 7) is 2.22. The summed E-state index contributed by atoms with van der Waals surface area (Å²) in [6.07, 6.45) is -0.416. The van der Waals surface area contributed by atoms with Gasteiger partial charge in [-0.1, -0.05) is 36.3 Å². The van der Waals surface area contributed by atoms with Crippen LogP contribution in [0.15, 0.2) is 30.3 Å². The van der Waals surface area contributed by atoms with Crippen LogP contribution in [-0.4, -0.2) is 24.7 Å². The van der Waals surface area contributed by atoms with Crippen molar-refractivity contribution in [3.63, 3.8) is 0 Å². The van der Waals surface area contributed by atoms with Crippen LogP contribution >= 0.6 is 22.6 Å². The maximum atomic E-state index is 11.6. The molecule has 19 heavy (non-hydrogen) atoms. The molecule has 0 bridgehead atoms. The molecule has 0 amide bonds. The molecule has 2 atom stereocenters. The van der Waals surface area contributed by atoms with Crippen molar-refractivity contribution in [2.24, 2.45) is 5.73 Å². The highest BCUT2D eigenvalue weighted by molar-refractivity contribution is 14.1. The predicted molar refractivity (Wildman–Crippen MR) is 81.4 cm³/mol. The van der Waals surface area contributed by atoms with E-state index in [4.69, 9.17) is 15.2 Å². The molecule has 2 N–H and O–H groups in total. The molecule has 0 aliphatic rings. The third-order valence-electron chi connectivity index (χ3n) is 2.49. The molecule has 0 saturated carbocycles. The lowest BCUT2D eigenvalue weighted by atomic mass is 10.2. The van der Waals surface area contributed by atoms with Crippen molar-refractivity contribution < 1.29 is 14.3 Å². The first-order valence-corrected chi connectivity index (χ1v) is 6.89. The zero-order chi connectivity index (χ0) is 14.1. The minimum absolute atomic E-state index is 0.0564. The van der Waals surface area contributed by atoms with Crippen LogP contribution in [0.5, 0.6) is 0 Å². The van der Waals surface area contributed by atoms with Crippen LogP contribution in [0.2, 0.25) is 0 Å². The van der Waals surface area contributed by atoms with Gasteiger partial charge in [-0.2, -0.15) is 0 Å². The van der Waals surface area contributed by atoms with Gasteiger partial charge in [0.2, 0.25) is 0 Å². The molecule has 1 aromatic carbocycles. The SMILES string of the molecule is C[C@@H](OCc1ccccc1)[C@H](N)C(=O)OCC#CI. The predicted octanol–water partition coefficient (Wildman–Crippen LogP) is 1.86. The second-order valence-corrected chi connectivity index (χ2v) is 4.45. The zero-order valence-corrected chi connectivity index (χ0v) is 12.8. The molecular weight excluding hydrogens is 357 g/mol. The lowest BCUT2D eigenvalue weighted by molar-refractivity contribution is -0.147. The van der Waals surface area contributed by atoms with Gasteiger partial charge in [-0.15, -0.1) is 0 Å². The normalized spacial score (nSPS) is 13.0. The van der Waals surface area contributed by atoms with Gasteiger partial charge < -0.3 is 15.2 Å². The van der Waals surface area contributed by atoms with Gasteiger partial charge in [-0.3, -0.25) is 4.79 Å². The highest BCUT2D eigenvalue weighted by Gasteiger charge is 2.22. The Morgan fingerprint density at radius 2 is 2.11 bits per heavy atom. The van der Waals surface area contributed by atoms with Crippen molar-refractivity contribution in [3.8, 4) is 9.85 Å². The molecule has 102 valence electrons. The fourth-order valence-corrected chi connectivity index (χ4v) is 1.48. The van der Waals surface area contributed by atoms with E-state index >= 15 is 0 Å². The number of benzene rings is 1. The minimum Gasteiger partial charge on any atom is -0.451 e. The highest BCUT2D eigenvalue weighted by Crippen LogP contribution is 2.06. The molecule has 0 unspecified atom stereocenters. The first-order valence-electron chi connectivity index (χ1n) is 5.81. The van der Waals surface area contributed by atoms with E-state index in [-0.39, 0.29) is 6.61 Å². The molecule has 1 rings (SSSR count). The van der Waals surface area contributed by atoms with Crippen LogP contribution in [0.25, 0.3) is 0 Å². The van der Waals surface area contributed by atoms with Gasteiger partial charge in [0.25, 0.3) is 0 Å². The summed E-state index contributed by atoms with van der Waals surface area (Å²) >= 11 is 1.88. The quantitative estimate of drug-likeness (QED) is 0.470. The molecule has 0 aliphatic carbocycles. The maximum Gasteiger partial charge on any atom is 0.326 e. The van der Waals surface area contributed by atoms with Gasteiger partial charge >= 0.3 is 5.97 Å². The molecule has 4 nitrogen and oxygen atoms in total. The highest BCUT2D eigenvalue weighted by atomic mass is 127. The third-order valence-corrected chi connectivity index (χ3v) is 2.87. The summed E-state index contributed by atoms with van der Waals surface area (Å²) in [5, 5.41) is 0. The molecule has 0 spiro atoms. The number of hydrogen-bond acceptors (Lipinski definition) is 4. The summed E-state index contributed by atoms with van der Waals surface area (Å²) in [5.41, 5.74) is 6.79. The first-order chi connectivity index (χ1) is 9.15. The Balaban J connectivity index is 2.37. The maximum absolute atomic E-state index is 11.6. The van der Waals surface area contributed by atoms with E-state index < -0.39 is 18.1 Å². The van der Waals surface area contributed by atoms with Gasteiger partial charge in [0.15, 0.2) is 6.61 Å². The Morgan fingerprint density at radius 3 is 2.74 bits per heavy atom. The standard InChI is InChI=1S/C14H16INO3/c1-11(13(16)14(17)18-9-5-8-15)19-10-12-6-3-2-4-7-12/h2-4,6-7,11,13H,9-10,16H2,1H3/t11-,13+/m1/s1. The molecule has 0 aliphatic heterocycles. The van der Waals surface area contributed by atoms with E-state index in [1.165, 1.54) is 0 Å². The van der Waals surface area contributed by atoms with E-state index in [1.807, 2.05) is 52.9 Å². The second kappa shape index (κ2) is 8.91. The Hall–Kier alpha value is -1.10. The van der Waals surface area contributed by atoms with Crippen LogP contribution in [0, 0.1) is 9.85 Å². The van der Waals surface area contributed by atoms with E-state index in [0.717, 1.165) is 5.56 Å². The van der Waals surface area contributed by atoms with Crippen molar-refractivity contribution in [3.05, 3.63) is 35.9 Å². The monoisotopic (exact) mass is 373 g/mol. The lowest BCUT2D eigenvalue weighted by Crippen LogP contribution is -2.42. The van der Waals surface area contributed by atoms with Crippen molar-refractivity contribution >= 4 is 28.6 Å². The first kappa shape index (κ1) is 16.0.